The average molecular weight is 463 g/mol. The summed E-state index contributed by atoms with van der Waals surface area (Å²) in [5.41, 5.74) is 1.57. The van der Waals surface area contributed by atoms with Crippen molar-refractivity contribution in [2.24, 2.45) is 5.92 Å². The third-order valence-electron chi connectivity index (χ3n) is 6.13. The van der Waals surface area contributed by atoms with E-state index in [1.165, 1.54) is 18.2 Å². The van der Waals surface area contributed by atoms with E-state index in [9.17, 15) is 19.1 Å². The molecule has 176 valence electrons. The van der Waals surface area contributed by atoms with E-state index in [1.807, 2.05) is 13.8 Å². The Morgan fingerprint density at radius 3 is 2.71 bits per heavy atom. The summed E-state index contributed by atoms with van der Waals surface area (Å²) in [6.45, 7) is 5.97. The van der Waals surface area contributed by atoms with Gasteiger partial charge in [-0.3, -0.25) is 9.78 Å². The second-order valence-electron chi connectivity index (χ2n) is 9.05. The Morgan fingerprint density at radius 1 is 1.21 bits per heavy atom. The zero-order valence-corrected chi connectivity index (χ0v) is 19.4. The zero-order valence-electron chi connectivity index (χ0n) is 19.4. The molecule has 2 heterocycles. The van der Waals surface area contributed by atoms with Gasteiger partial charge in [0, 0.05) is 18.2 Å². The Balaban J connectivity index is 1.80. The summed E-state index contributed by atoms with van der Waals surface area (Å²) in [4.78, 5) is 29.7. The highest BCUT2D eigenvalue weighted by Gasteiger charge is 2.43. The second kappa shape index (κ2) is 9.25. The lowest BCUT2D eigenvalue weighted by Crippen LogP contribution is -2.50. The summed E-state index contributed by atoms with van der Waals surface area (Å²) in [5.74, 6) is -1.07. The topological polar surface area (TPSA) is 88.5 Å². The molecule has 7 heteroatoms. The smallest absolute Gasteiger partial charge is 0.335 e. The maximum absolute atomic E-state index is 14.6. The van der Waals surface area contributed by atoms with Crippen LogP contribution in [0.5, 0.6) is 5.75 Å². The van der Waals surface area contributed by atoms with Gasteiger partial charge in [0.1, 0.15) is 22.8 Å². The summed E-state index contributed by atoms with van der Waals surface area (Å²) in [6.07, 6.45) is 2.49. The Labute approximate surface area is 197 Å². The molecule has 3 aromatic rings. The fourth-order valence-corrected chi connectivity index (χ4v) is 4.41. The number of amides is 1. The molecule has 0 saturated carbocycles. The minimum Gasteiger partial charge on any atom is -0.491 e. The number of aromatic carboxylic acids is 1. The van der Waals surface area contributed by atoms with Crippen LogP contribution in [0.1, 0.15) is 63.4 Å². The third-order valence-corrected chi connectivity index (χ3v) is 6.13. The molecule has 0 saturated heterocycles. The van der Waals surface area contributed by atoms with Crippen molar-refractivity contribution in [3.8, 4) is 5.75 Å². The average Bonchev–Trinajstić information content (AvgIpc) is 2.80. The summed E-state index contributed by atoms with van der Waals surface area (Å²) in [6, 6.07) is 13.0. The first kappa shape index (κ1) is 23.4. The first-order valence-corrected chi connectivity index (χ1v) is 11.2. The number of benzene rings is 2. The van der Waals surface area contributed by atoms with Crippen molar-refractivity contribution < 1.29 is 23.8 Å². The van der Waals surface area contributed by atoms with Gasteiger partial charge in [-0.25, -0.2) is 9.18 Å². The van der Waals surface area contributed by atoms with Gasteiger partial charge in [-0.15, -0.1) is 0 Å². The van der Waals surface area contributed by atoms with Crippen LogP contribution in [0.15, 0.2) is 54.7 Å². The van der Waals surface area contributed by atoms with E-state index in [0.717, 1.165) is 0 Å². The van der Waals surface area contributed by atoms with Crippen LogP contribution in [0, 0.1) is 18.7 Å². The number of carboxylic acids is 1. The van der Waals surface area contributed by atoms with E-state index in [0.29, 0.717) is 53.1 Å². The highest BCUT2D eigenvalue weighted by atomic mass is 19.1. The number of nitrogens with one attached hydrogen (secondary N) is 1. The maximum Gasteiger partial charge on any atom is 0.335 e. The summed E-state index contributed by atoms with van der Waals surface area (Å²) >= 11 is 0. The van der Waals surface area contributed by atoms with Crippen LogP contribution in [0.4, 0.5) is 4.39 Å². The Morgan fingerprint density at radius 2 is 2.00 bits per heavy atom. The molecule has 0 radical (unpaired) electrons. The molecule has 0 fully saturated rings. The van der Waals surface area contributed by atoms with E-state index >= 15 is 0 Å². The molecule has 1 aliphatic rings. The number of carbonyl (C=O) groups is 2. The largest absolute Gasteiger partial charge is 0.491 e. The van der Waals surface area contributed by atoms with Gasteiger partial charge in [0.25, 0.3) is 5.91 Å². The number of ether oxygens (including phenoxy) is 1. The normalized spacial score (nSPS) is 17.1. The molecule has 1 aliphatic heterocycles. The number of carbonyl (C=O) groups excluding carboxylic acids is 1. The Kier molecular flexibility index (Phi) is 6.37. The zero-order chi connectivity index (χ0) is 24.5. The van der Waals surface area contributed by atoms with Crippen molar-refractivity contribution in [1.29, 1.82) is 0 Å². The molecule has 2 aromatic carbocycles. The van der Waals surface area contributed by atoms with Crippen molar-refractivity contribution in [3.05, 3.63) is 94.1 Å². The summed E-state index contributed by atoms with van der Waals surface area (Å²) < 4.78 is 20.4. The van der Waals surface area contributed by atoms with Gasteiger partial charge < -0.3 is 15.2 Å². The minimum absolute atomic E-state index is 0.179. The van der Waals surface area contributed by atoms with Crippen LogP contribution >= 0.6 is 0 Å². The SMILES string of the molecule is Cc1ccc([C@@]2(NC(=O)c3ccc(C(=O)O)c(CC(C)C)c3)CCOc3cccnc32)cc1F. The van der Waals surface area contributed by atoms with E-state index in [2.05, 4.69) is 10.3 Å². The molecule has 0 spiro atoms. The standard InChI is InChI=1S/C27H27FN2O4/c1-16(2)13-19-14-18(7-9-21(19)26(32)33)25(31)30-27(20-8-6-17(3)22(28)15-20)10-12-34-23-5-4-11-29-24(23)27/h4-9,11,14-16H,10,12-13H2,1-3H3,(H,30,31)(H,32,33)/t27-/m0/s1. The first-order chi connectivity index (χ1) is 16.2. The van der Waals surface area contributed by atoms with Crippen LogP contribution < -0.4 is 10.1 Å². The third kappa shape index (κ3) is 4.38. The molecule has 0 aliphatic carbocycles. The Bertz CT molecular complexity index is 1260. The number of pyridine rings is 1. The maximum atomic E-state index is 14.6. The lowest BCUT2D eigenvalue weighted by molar-refractivity contribution is 0.0694. The number of aromatic nitrogens is 1. The van der Waals surface area contributed by atoms with Gasteiger partial charge >= 0.3 is 5.97 Å². The number of aryl methyl sites for hydroxylation is 1. The monoisotopic (exact) mass is 462 g/mol. The van der Waals surface area contributed by atoms with Gasteiger partial charge in [0.15, 0.2) is 0 Å². The fourth-order valence-electron chi connectivity index (χ4n) is 4.41. The predicted molar refractivity (Wildman–Crippen MR) is 126 cm³/mol. The lowest BCUT2D eigenvalue weighted by Gasteiger charge is -2.39. The highest BCUT2D eigenvalue weighted by molar-refractivity contribution is 5.97. The number of halogens is 1. The van der Waals surface area contributed by atoms with E-state index < -0.39 is 17.4 Å². The van der Waals surface area contributed by atoms with E-state index in [4.69, 9.17) is 4.74 Å². The number of rotatable bonds is 6. The number of hydrogen-bond acceptors (Lipinski definition) is 4. The molecule has 34 heavy (non-hydrogen) atoms. The Hall–Kier alpha value is -3.74. The van der Waals surface area contributed by atoms with Gasteiger partial charge in [-0.05, 0) is 72.4 Å². The molecule has 0 unspecified atom stereocenters. The van der Waals surface area contributed by atoms with Crippen molar-refractivity contribution in [3.63, 3.8) is 0 Å². The first-order valence-electron chi connectivity index (χ1n) is 11.2. The summed E-state index contributed by atoms with van der Waals surface area (Å²) in [7, 11) is 0. The minimum atomic E-state index is -1.11. The van der Waals surface area contributed by atoms with Crippen LogP contribution in [0.2, 0.25) is 0 Å². The van der Waals surface area contributed by atoms with Crippen LogP contribution in [-0.2, 0) is 12.0 Å². The summed E-state index contributed by atoms with van der Waals surface area (Å²) in [5, 5.41) is 12.7. The fraction of sp³-hybridized carbons (Fsp3) is 0.296. The van der Waals surface area contributed by atoms with Crippen LogP contribution in [0.3, 0.4) is 0 Å². The van der Waals surface area contributed by atoms with Gasteiger partial charge in [-0.1, -0.05) is 26.0 Å². The molecule has 2 N–H and O–H groups in total. The quantitative estimate of drug-likeness (QED) is 0.545. The van der Waals surface area contributed by atoms with E-state index in [-0.39, 0.29) is 17.3 Å². The van der Waals surface area contributed by atoms with Gasteiger partial charge in [0.2, 0.25) is 0 Å². The second-order valence-corrected chi connectivity index (χ2v) is 9.05. The molecular formula is C27H27FN2O4. The number of carboxylic acid groups (broad SMARTS) is 1. The highest BCUT2D eigenvalue weighted by Crippen LogP contribution is 2.41. The number of fused-ring (bicyclic) bond motifs is 1. The number of hydrogen-bond donors (Lipinski definition) is 2. The molecule has 4 rings (SSSR count). The van der Waals surface area contributed by atoms with E-state index in [1.54, 1.807) is 43.5 Å². The molecular weight excluding hydrogens is 435 g/mol. The molecule has 1 atom stereocenters. The van der Waals surface area contributed by atoms with Crippen LogP contribution in [-0.4, -0.2) is 28.6 Å². The number of nitrogens with zero attached hydrogens (tertiary/aromatic N) is 1. The molecule has 6 nitrogen and oxygen atoms in total. The van der Waals surface area contributed by atoms with Gasteiger partial charge in [0.05, 0.1) is 12.2 Å². The predicted octanol–water partition coefficient (Wildman–Crippen LogP) is 4.88. The molecule has 1 aromatic heterocycles. The molecule has 1 amide bonds. The molecule has 0 bridgehead atoms. The van der Waals surface area contributed by atoms with Crippen molar-refractivity contribution >= 4 is 11.9 Å². The van der Waals surface area contributed by atoms with Crippen molar-refractivity contribution in [2.75, 3.05) is 6.61 Å². The van der Waals surface area contributed by atoms with Crippen LogP contribution in [0.25, 0.3) is 0 Å². The van der Waals surface area contributed by atoms with Crippen molar-refractivity contribution in [2.45, 2.75) is 39.2 Å². The van der Waals surface area contributed by atoms with Crippen molar-refractivity contribution in [1.82, 2.24) is 10.3 Å². The van der Waals surface area contributed by atoms with Gasteiger partial charge in [-0.2, -0.15) is 0 Å². The lowest BCUT2D eigenvalue weighted by atomic mass is 9.80.